The van der Waals surface area contributed by atoms with Crippen molar-refractivity contribution in [1.82, 2.24) is 15.3 Å². The first-order valence-corrected chi connectivity index (χ1v) is 19.4. The summed E-state index contributed by atoms with van der Waals surface area (Å²) in [5, 5.41) is 17.1. The summed E-state index contributed by atoms with van der Waals surface area (Å²) in [5.41, 5.74) is 5.35. The summed E-state index contributed by atoms with van der Waals surface area (Å²) in [7, 11) is 0. The second kappa shape index (κ2) is 12.0. The molecule has 1 aromatic heterocycles. The summed E-state index contributed by atoms with van der Waals surface area (Å²) < 4.78 is 27.9. The molecule has 0 amide bonds. The van der Waals surface area contributed by atoms with Crippen LogP contribution in [0.25, 0.3) is 32.8 Å². The molecule has 2 saturated carbocycles. The minimum absolute atomic E-state index is 0.103. The Balaban J connectivity index is 1.15. The summed E-state index contributed by atoms with van der Waals surface area (Å²) in [4.78, 5) is 12.9. The van der Waals surface area contributed by atoms with E-state index < -0.39 is 5.82 Å². The van der Waals surface area contributed by atoms with Crippen LogP contribution in [-0.4, -0.2) is 60.1 Å². The molecule has 5 aliphatic rings. The predicted molar refractivity (Wildman–Crippen MR) is 205 cm³/mol. The monoisotopic (exact) mass is 702 g/mol. The Bertz CT molecular complexity index is 2130. The van der Waals surface area contributed by atoms with Crippen molar-refractivity contribution in [3.05, 3.63) is 52.8 Å². The van der Waals surface area contributed by atoms with Crippen molar-refractivity contribution in [2.75, 3.05) is 37.8 Å². The molecule has 2 bridgehead atoms. The number of halogens is 1. The van der Waals surface area contributed by atoms with Crippen LogP contribution < -0.4 is 15.0 Å². The first kappa shape index (κ1) is 33.9. The summed E-state index contributed by atoms with van der Waals surface area (Å²) in [6, 6.07) is 9.93. The molecule has 3 aliphatic heterocycles. The fourth-order valence-corrected chi connectivity index (χ4v) is 10.6. The van der Waals surface area contributed by atoms with E-state index in [1.165, 1.54) is 51.0 Å². The number of phenols is 1. The Kier molecular flexibility index (Phi) is 7.85. The lowest BCUT2D eigenvalue weighted by molar-refractivity contribution is 0.133. The smallest absolute Gasteiger partial charge is 0.318 e. The van der Waals surface area contributed by atoms with Gasteiger partial charge in [0, 0.05) is 41.4 Å². The van der Waals surface area contributed by atoms with E-state index in [4.69, 9.17) is 25.9 Å². The van der Waals surface area contributed by atoms with Gasteiger partial charge in [0.1, 0.15) is 17.4 Å². The number of fused-ring (bicyclic) bond motifs is 5. The third-order valence-corrected chi connectivity index (χ3v) is 13.8. The van der Waals surface area contributed by atoms with Gasteiger partial charge in [0.2, 0.25) is 0 Å². The van der Waals surface area contributed by atoms with Crippen molar-refractivity contribution in [3.63, 3.8) is 0 Å². The maximum Gasteiger partial charge on any atom is 0.318 e. The molecule has 5 fully saturated rings. The molecule has 3 aromatic carbocycles. The lowest BCUT2D eigenvalue weighted by Gasteiger charge is -2.34. The van der Waals surface area contributed by atoms with E-state index in [1.54, 1.807) is 18.2 Å². The van der Waals surface area contributed by atoms with Crippen molar-refractivity contribution in [2.45, 2.75) is 97.6 Å². The molecular formula is C44H51FN4O3. The maximum absolute atomic E-state index is 15.3. The van der Waals surface area contributed by atoms with Gasteiger partial charge in [-0.05, 0) is 126 Å². The van der Waals surface area contributed by atoms with Crippen molar-refractivity contribution >= 4 is 27.5 Å². The lowest BCUT2D eigenvalue weighted by Crippen LogP contribution is -2.51. The average molecular weight is 703 g/mol. The van der Waals surface area contributed by atoms with Gasteiger partial charge in [-0.2, -0.15) is 9.97 Å². The van der Waals surface area contributed by atoms with Crippen LogP contribution in [0.4, 0.5) is 10.2 Å². The van der Waals surface area contributed by atoms with Gasteiger partial charge in [-0.25, -0.2) is 4.39 Å². The number of aryl methyl sites for hydroxylation is 1. The Morgan fingerprint density at radius 2 is 1.79 bits per heavy atom. The van der Waals surface area contributed by atoms with Crippen LogP contribution in [-0.2, 0) is 4.74 Å². The number of benzene rings is 3. The van der Waals surface area contributed by atoms with Crippen molar-refractivity contribution < 1.29 is 19.0 Å². The largest absolute Gasteiger partial charge is 0.508 e. The second-order valence-electron chi connectivity index (χ2n) is 17.9. The molecular weight excluding hydrogens is 652 g/mol. The normalized spacial score (nSPS) is 27.8. The number of phenolic OH excluding ortho intramolecular Hbond substituents is 1. The molecule has 272 valence electrons. The molecule has 4 heterocycles. The molecule has 9 rings (SSSR count). The topological polar surface area (TPSA) is 79.7 Å². The van der Waals surface area contributed by atoms with Gasteiger partial charge in [-0.15, -0.1) is 6.42 Å². The first-order valence-electron chi connectivity index (χ1n) is 19.4. The number of hydrogen-bond acceptors (Lipinski definition) is 7. The molecule has 3 saturated heterocycles. The zero-order chi connectivity index (χ0) is 36.2. The standard InChI is InChI=1S/C44H51FN4O3/c1-7-32-36(45)11-8-28-14-31(50)15-34(38(28)32)37-26(4)39-35(16-33(37)25(2)3)40(49-20-29-9-10-30(21-49)46-29)48-41(47-39)52-24-44(12-13-44)19-27-17-42(5)22-51-23-43(42,6)18-27/h1,8,11,14-16,25,27,29-30,46,50H,9-10,12-13,17-24H2,2-6H3/t29?,30?,42-,43-/m0/s1. The Morgan fingerprint density at radius 3 is 2.44 bits per heavy atom. The van der Waals surface area contributed by atoms with E-state index in [9.17, 15) is 5.11 Å². The molecule has 0 radical (unpaired) electrons. The number of nitrogens with one attached hydrogen (secondary N) is 1. The number of piperazine rings is 1. The molecule has 8 heteroatoms. The van der Waals surface area contributed by atoms with Crippen LogP contribution in [0, 0.1) is 47.2 Å². The highest BCUT2D eigenvalue weighted by Gasteiger charge is 2.58. The lowest BCUT2D eigenvalue weighted by atomic mass is 9.71. The van der Waals surface area contributed by atoms with Gasteiger partial charge in [-0.1, -0.05) is 39.7 Å². The van der Waals surface area contributed by atoms with Gasteiger partial charge in [-0.3, -0.25) is 0 Å². The molecule has 52 heavy (non-hydrogen) atoms. The third-order valence-electron chi connectivity index (χ3n) is 13.8. The molecule has 7 nitrogen and oxygen atoms in total. The average Bonchev–Trinajstić information content (AvgIpc) is 3.60. The predicted octanol–water partition coefficient (Wildman–Crippen LogP) is 8.65. The first-order chi connectivity index (χ1) is 24.9. The second-order valence-corrected chi connectivity index (χ2v) is 17.9. The summed E-state index contributed by atoms with van der Waals surface area (Å²) in [5.74, 6) is 3.97. The van der Waals surface area contributed by atoms with Crippen LogP contribution in [0.5, 0.6) is 11.8 Å². The molecule has 2 unspecified atom stereocenters. The number of rotatable bonds is 8. The Morgan fingerprint density at radius 1 is 1.08 bits per heavy atom. The van der Waals surface area contributed by atoms with E-state index in [0.29, 0.717) is 47.0 Å². The number of nitrogens with zero attached hydrogens (tertiary/aromatic N) is 3. The number of ether oxygens (including phenoxy) is 2. The fourth-order valence-electron chi connectivity index (χ4n) is 10.6. The van der Waals surface area contributed by atoms with E-state index in [0.717, 1.165) is 59.7 Å². The zero-order valence-electron chi connectivity index (χ0n) is 31.2. The van der Waals surface area contributed by atoms with E-state index in [2.05, 4.69) is 56.8 Å². The summed E-state index contributed by atoms with van der Waals surface area (Å²) in [6.07, 6.45) is 14.2. The SMILES string of the molecule is C#Cc1c(F)ccc2cc(O)cc(-c3c(C(C)C)cc4c(N5CC6CCC(C5)N6)nc(OCC5(CC6C[C@@]7(C)COC[C@]7(C)C6)CC5)nc4c3C)c12. The maximum atomic E-state index is 15.3. The summed E-state index contributed by atoms with van der Waals surface area (Å²) in [6.45, 7) is 15.4. The Hall–Kier alpha value is -3.93. The highest BCUT2D eigenvalue weighted by Crippen LogP contribution is 2.63. The highest BCUT2D eigenvalue weighted by atomic mass is 19.1. The number of anilines is 1. The number of aromatic hydroxyl groups is 1. The highest BCUT2D eigenvalue weighted by molar-refractivity contribution is 6.06. The van der Waals surface area contributed by atoms with E-state index in [1.807, 2.05) is 0 Å². The van der Waals surface area contributed by atoms with Gasteiger partial charge < -0.3 is 24.8 Å². The van der Waals surface area contributed by atoms with Crippen molar-refractivity contribution in [3.8, 4) is 35.2 Å². The minimum Gasteiger partial charge on any atom is -0.508 e. The van der Waals surface area contributed by atoms with Gasteiger partial charge in [0.15, 0.2) is 0 Å². The summed E-state index contributed by atoms with van der Waals surface area (Å²) >= 11 is 0. The third kappa shape index (κ3) is 5.45. The quantitative estimate of drug-likeness (QED) is 0.178. The number of terminal acetylenes is 1. The van der Waals surface area contributed by atoms with Crippen LogP contribution in [0.15, 0.2) is 30.3 Å². The van der Waals surface area contributed by atoms with Gasteiger partial charge in [0.05, 0.1) is 30.9 Å². The number of aromatic nitrogens is 2. The molecule has 4 aromatic rings. The molecule has 2 N–H and O–H groups in total. The van der Waals surface area contributed by atoms with E-state index >= 15 is 4.39 Å². The number of hydrogen-bond donors (Lipinski definition) is 2. The van der Waals surface area contributed by atoms with Crippen LogP contribution >= 0.6 is 0 Å². The Labute approximate surface area is 306 Å². The minimum atomic E-state index is -0.452. The van der Waals surface area contributed by atoms with Crippen molar-refractivity contribution in [1.29, 1.82) is 0 Å². The van der Waals surface area contributed by atoms with Gasteiger partial charge in [0.25, 0.3) is 0 Å². The van der Waals surface area contributed by atoms with Gasteiger partial charge >= 0.3 is 6.01 Å². The van der Waals surface area contributed by atoms with Crippen LogP contribution in [0.3, 0.4) is 0 Å². The van der Waals surface area contributed by atoms with Crippen LogP contribution in [0.2, 0.25) is 0 Å². The van der Waals surface area contributed by atoms with Crippen molar-refractivity contribution in [2.24, 2.45) is 22.2 Å². The molecule has 4 atom stereocenters. The van der Waals surface area contributed by atoms with Crippen LogP contribution in [0.1, 0.15) is 95.2 Å². The zero-order valence-corrected chi connectivity index (χ0v) is 31.2. The van der Waals surface area contributed by atoms with E-state index in [-0.39, 0.29) is 33.5 Å². The molecule has 0 spiro atoms. The molecule has 2 aliphatic carbocycles. The fraction of sp³-hybridized carbons (Fsp3) is 0.545.